The molecule has 1 aromatic rings. The van der Waals surface area contributed by atoms with Crippen LogP contribution in [0.15, 0.2) is 11.6 Å². The van der Waals surface area contributed by atoms with E-state index < -0.39 is 0 Å². The Morgan fingerprint density at radius 2 is 2.67 bits per heavy atom. The summed E-state index contributed by atoms with van der Waals surface area (Å²) in [6.07, 6.45) is 2.87. The van der Waals surface area contributed by atoms with Gasteiger partial charge in [0, 0.05) is 18.2 Å². The first-order chi connectivity index (χ1) is 5.87. The maximum Gasteiger partial charge on any atom is 0.115 e. The molecule has 4 heteroatoms. The van der Waals surface area contributed by atoms with Gasteiger partial charge in [-0.2, -0.15) is 0 Å². The first-order valence-corrected chi connectivity index (χ1v) is 4.92. The molecule has 1 aromatic heterocycles. The molecule has 12 heavy (non-hydrogen) atoms. The average molecular weight is 184 g/mol. The molecule has 0 spiro atoms. The quantitative estimate of drug-likeness (QED) is 0.744. The molecule has 66 valence electrons. The van der Waals surface area contributed by atoms with Gasteiger partial charge in [-0.3, -0.25) is 0 Å². The van der Waals surface area contributed by atoms with Crippen molar-refractivity contribution in [1.82, 2.24) is 10.3 Å². The van der Waals surface area contributed by atoms with Crippen molar-refractivity contribution in [3.05, 3.63) is 16.6 Å². The van der Waals surface area contributed by atoms with Crippen LogP contribution in [0.3, 0.4) is 0 Å². The molecule has 0 aromatic carbocycles. The van der Waals surface area contributed by atoms with E-state index in [-0.39, 0.29) is 5.54 Å². The first kappa shape index (κ1) is 8.16. The highest BCUT2D eigenvalue weighted by molar-refractivity contribution is 7.09. The Hall–Kier alpha value is -0.450. The molecule has 1 N–H and O–H groups in total. The SMILES string of the molecule is CNC1(c2nccs2)CCOC1. The largest absolute Gasteiger partial charge is 0.379 e. The van der Waals surface area contributed by atoms with E-state index in [1.165, 1.54) is 0 Å². The van der Waals surface area contributed by atoms with Crippen LogP contribution < -0.4 is 5.32 Å². The molecule has 2 heterocycles. The second kappa shape index (κ2) is 3.12. The molecule has 1 unspecified atom stereocenters. The molecule has 0 amide bonds. The second-order valence-electron chi connectivity index (χ2n) is 2.97. The van der Waals surface area contributed by atoms with Gasteiger partial charge in [0.15, 0.2) is 0 Å². The Balaban J connectivity index is 2.28. The Bertz CT molecular complexity index is 242. The summed E-state index contributed by atoms with van der Waals surface area (Å²) in [6, 6.07) is 0. The first-order valence-electron chi connectivity index (χ1n) is 4.04. The zero-order valence-corrected chi connectivity index (χ0v) is 7.86. The van der Waals surface area contributed by atoms with Gasteiger partial charge < -0.3 is 10.1 Å². The lowest BCUT2D eigenvalue weighted by Crippen LogP contribution is -2.40. The number of aromatic nitrogens is 1. The summed E-state index contributed by atoms with van der Waals surface area (Å²) in [5.74, 6) is 0. The van der Waals surface area contributed by atoms with Crippen LogP contribution >= 0.6 is 11.3 Å². The predicted molar refractivity (Wildman–Crippen MR) is 48.3 cm³/mol. The van der Waals surface area contributed by atoms with Crippen LogP contribution in [0.4, 0.5) is 0 Å². The van der Waals surface area contributed by atoms with Gasteiger partial charge in [-0.05, 0) is 13.5 Å². The van der Waals surface area contributed by atoms with E-state index >= 15 is 0 Å². The molecular formula is C8H12N2OS. The summed E-state index contributed by atoms with van der Waals surface area (Å²) in [5.41, 5.74) is -0.00579. The molecule has 0 aliphatic carbocycles. The Labute approximate surface area is 75.8 Å². The topological polar surface area (TPSA) is 34.2 Å². The van der Waals surface area contributed by atoms with Gasteiger partial charge in [0.05, 0.1) is 12.1 Å². The summed E-state index contributed by atoms with van der Waals surface area (Å²) < 4.78 is 5.38. The number of thiazole rings is 1. The van der Waals surface area contributed by atoms with Crippen LogP contribution in [-0.4, -0.2) is 25.2 Å². The van der Waals surface area contributed by atoms with Gasteiger partial charge in [-0.15, -0.1) is 11.3 Å². The second-order valence-corrected chi connectivity index (χ2v) is 3.87. The third kappa shape index (κ3) is 1.16. The minimum absolute atomic E-state index is 0.00579. The molecule has 1 aliphatic rings. The molecule has 2 rings (SSSR count). The van der Waals surface area contributed by atoms with Crippen LogP contribution in [0.1, 0.15) is 11.4 Å². The molecule has 1 saturated heterocycles. The fourth-order valence-corrected chi connectivity index (χ4v) is 2.36. The summed E-state index contributed by atoms with van der Waals surface area (Å²) in [6.45, 7) is 1.58. The Morgan fingerprint density at radius 1 is 1.75 bits per heavy atom. The highest BCUT2D eigenvalue weighted by Crippen LogP contribution is 2.30. The van der Waals surface area contributed by atoms with Crippen molar-refractivity contribution in [1.29, 1.82) is 0 Å². The maximum absolute atomic E-state index is 5.38. The van der Waals surface area contributed by atoms with Gasteiger partial charge in [0.25, 0.3) is 0 Å². The van der Waals surface area contributed by atoms with Gasteiger partial charge in [0.2, 0.25) is 0 Å². The van der Waals surface area contributed by atoms with Crippen LogP contribution in [0.2, 0.25) is 0 Å². The van der Waals surface area contributed by atoms with Crippen molar-refractivity contribution < 1.29 is 4.74 Å². The molecule has 1 atom stereocenters. The molecule has 3 nitrogen and oxygen atoms in total. The standard InChI is InChI=1S/C8H12N2OS/c1-9-8(2-4-11-6-8)7-10-3-5-12-7/h3,5,9H,2,4,6H2,1H3. The summed E-state index contributed by atoms with van der Waals surface area (Å²) in [4.78, 5) is 4.32. The van der Waals surface area contributed by atoms with Crippen molar-refractivity contribution in [3.8, 4) is 0 Å². The van der Waals surface area contributed by atoms with Gasteiger partial charge >= 0.3 is 0 Å². The number of hydrogen-bond donors (Lipinski definition) is 1. The van der Waals surface area contributed by atoms with E-state index in [2.05, 4.69) is 10.3 Å². The monoisotopic (exact) mass is 184 g/mol. The van der Waals surface area contributed by atoms with Crippen molar-refractivity contribution in [3.63, 3.8) is 0 Å². The van der Waals surface area contributed by atoms with E-state index in [1.54, 1.807) is 11.3 Å². The molecule has 0 bridgehead atoms. The van der Waals surface area contributed by atoms with E-state index in [4.69, 9.17) is 4.74 Å². The zero-order valence-electron chi connectivity index (χ0n) is 7.04. The molecule has 1 fully saturated rings. The zero-order chi connectivity index (χ0) is 8.44. The number of ether oxygens (including phenoxy) is 1. The summed E-state index contributed by atoms with van der Waals surface area (Å²) >= 11 is 1.69. The fourth-order valence-electron chi connectivity index (χ4n) is 1.50. The van der Waals surface area contributed by atoms with Crippen molar-refractivity contribution >= 4 is 11.3 Å². The highest BCUT2D eigenvalue weighted by Gasteiger charge is 2.37. The van der Waals surface area contributed by atoms with Gasteiger partial charge in [-0.25, -0.2) is 4.98 Å². The third-order valence-corrected chi connectivity index (χ3v) is 3.32. The third-order valence-electron chi connectivity index (χ3n) is 2.34. The molecular weight excluding hydrogens is 172 g/mol. The maximum atomic E-state index is 5.38. The number of nitrogens with one attached hydrogen (secondary N) is 1. The molecule has 0 saturated carbocycles. The molecule has 0 radical (unpaired) electrons. The lowest BCUT2D eigenvalue weighted by Gasteiger charge is -2.23. The van der Waals surface area contributed by atoms with E-state index in [1.807, 2.05) is 18.6 Å². The van der Waals surface area contributed by atoms with E-state index in [0.717, 1.165) is 24.6 Å². The Kier molecular flexibility index (Phi) is 2.12. The summed E-state index contributed by atoms with van der Waals surface area (Å²) in [5, 5.41) is 6.45. The Morgan fingerprint density at radius 3 is 3.17 bits per heavy atom. The van der Waals surface area contributed by atoms with Crippen LogP contribution in [0.25, 0.3) is 0 Å². The lowest BCUT2D eigenvalue weighted by atomic mass is 10.0. The minimum Gasteiger partial charge on any atom is -0.379 e. The van der Waals surface area contributed by atoms with Crippen LogP contribution in [0.5, 0.6) is 0 Å². The normalized spacial score (nSPS) is 29.4. The summed E-state index contributed by atoms with van der Waals surface area (Å²) in [7, 11) is 1.97. The average Bonchev–Trinajstić information content (AvgIpc) is 2.76. The number of hydrogen-bond acceptors (Lipinski definition) is 4. The van der Waals surface area contributed by atoms with Crippen molar-refractivity contribution in [2.45, 2.75) is 12.0 Å². The van der Waals surface area contributed by atoms with Gasteiger partial charge in [-0.1, -0.05) is 0 Å². The number of nitrogens with zero attached hydrogens (tertiary/aromatic N) is 1. The van der Waals surface area contributed by atoms with Crippen molar-refractivity contribution in [2.75, 3.05) is 20.3 Å². The smallest absolute Gasteiger partial charge is 0.115 e. The highest BCUT2D eigenvalue weighted by atomic mass is 32.1. The van der Waals surface area contributed by atoms with E-state index in [0.29, 0.717) is 0 Å². The van der Waals surface area contributed by atoms with Crippen molar-refractivity contribution in [2.24, 2.45) is 0 Å². The van der Waals surface area contributed by atoms with Crippen LogP contribution in [0, 0.1) is 0 Å². The number of rotatable bonds is 2. The predicted octanol–water partition coefficient (Wildman–Crippen LogP) is 0.978. The number of likely N-dealkylation sites (N-methyl/N-ethyl adjacent to an activating group) is 1. The molecule has 1 aliphatic heterocycles. The van der Waals surface area contributed by atoms with Crippen LogP contribution in [-0.2, 0) is 10.3 Å². The van der Waals surface area contributed by atoms with Gasteiger partial charge in [0.1, 0.15) is 5.01 Å². The minimum atomic E-state index is -0.00579. The fraction of sp³-hybridized carbons (Fsp3) is 0.625. The lowest BCUT2D eigenvalue weighted by molar-refractivity contribution is 0.169. The van der Waals surface area contributed by atoms with E-state index in [9.17, 15) is 0 Å².